The molecule has 116 valence electrons. The lowest BCUT2D eigenvalue weighted by atomic mass is 10.1. The van der Waals surface area contributed by atoms with Crippen LogP contribution >= 0.6 is 23.2 Å². The largest absolute Gasteiger partial charge is 0.481 e. The van der Waals surface area contributed by atoms with E-state index in [2.05, 4.69) is 4.98 Å². The van der Waals surface area contributed by atoms with E-state index >= 15 is 0 Å². The van der Waals surface area contributed by atoms with E-state index in [0.717, 1.165) is 0 Å². The second-order valence-corrected chi connectivity index (χ2v) is 5.28. The maximum absolute atomic E-state index is 12.9. The third kappa shape index (κ3) is 3.90. The minimum atomic E-state index is -4.69. The standard InChI is InChI=1S/C14H8Cl2F3NO2/c15-8-1-2-9(10(16)6-8)11-3-7(5-13(21)22)4-12(20-11)14(17,18)19/h1-4,6H,5H2,(H,21,22). The summed E-state index contributed by atoms with van der Waals surface area (Å²) >= 11 is 11.7. The average molecular weight is 350 g/mol. The first kappa shape index (κ1) is 16.6. The Morgan fingerprint density at radius 1 is 1.18 bits per heavy atom. The smallest absolute Gasteiger partial charge is 0.433 e. The molecule has 1 heterocycles. The van der Waals surface area contributed by atoms with Gasteiger partial charge in [-0.25, -0.2) is 4.98 Å². The summed E-state index contributed by atoms with van der Waals surface area (Å²) in [4.78, 5) is 14.3. The van der Waals surface area contributed by atoms with Crippen molar-refractivity contribution in [2.45, 2.75) is 12.6 Å². The summed E-state index contributed by atoms with van der Waals surface area (Å²) in [6.45, 7) is 0. The van der Waals surface area contributed by atoms with E-state index in [-0.39, 0.29) is 21.8 Å². The lowest BCUT2D eigenvalue weighted by Crippen LogP contribution is -2.11. The Morgan fingerprint density at radius 2 is 1.86 bits per heavy atom. The fourth-order valence-corrected chi connectivity index (χ4v) is 2.35. The summed E-state index contributed by atoms with van der Waals surface area (Å²) in [5.41, 5.74) is -1.01. The maximum Gasteiger partial charge on any atom is 0.433 e. The van der Waals surface area contributed by atoms with Gasteiger partial charge in [0.2, 0.25) is 0 Å². The first-order chi connectivity index (χ1) is 10.2. The van der Waals surface area contributed by atoms with Crippen LogP contribution in [0.4, 0.5) is 13.2 Å². The number of carbonyl (C=O) groups is 1. The number of carboxylic acid groups (broad SMARTS) is 1. The fraction of sp³-hybridized carbons (Fsp3) is 0.143. The molecule has 1 aromatic carbocycles. The fourth-order valence-electron chi connectivity index (χ4n) is 1.84. The van der Waals surface area contributed by atoms with E-state index in [1.54, 1.807) is 0 Å². The number of halogens is 5. The second kappa shape index (κ2) is 6.14. The maximum atomic E-state index is 12.9. The quantitative estimate of drug-likeness (QED) is 0.873. The topological polar surface area (TPSA) is 50.2 Å². The van der Waals surface area contributed by atoms with Gasteiger partial charge in [0, 0.05) is 10.6 Å². The van der Waals surface area contributed by atoms with Gasteiger partial charge in [0.15, 0.2) is 0 Å². The summed E-state index contributed by atoms with van der Waals surface area (Å²) in [7, 11) is 0. The van der Waals surface area contributed by atoms with Gasteiger partial charge in [0.1, 0.15) is 5.69 Å². The minimum absolute atomic E-state index is 0.0177. The van der Waals surface area contributed by atoms with E-state index in [1.807, 2.05) is 0 Å². The Kier molecular flexibility index (Phi) is 4.63. The number of hydrogen-bond acceptors (Lipinski definition) is 2. The first-order valence-corrected chi connectivity index (χ1v) is 6.68. The number of rotatable bonds is 3. The van der Waals surface area contributed by atoms with Gasteiger partial charge >= 0.3 is 12.1 Å². The number of aromatic nitrogens is 1. The van der Waals surface area contributed by atoms with Crippen molar-refractivity contribution in [1.82, 2.24) is 4.98 Å². The molecule has 0 saturated carbocycles. The molecule has 1 N–H and O–H groups in total. The molecule has 0 atom stereocenters. The Bertz CT molecular complexity index is 733. The number of aliphatic carboxylic acids is 1. The van der Waals surface area contributed by atoms with Gasteiger partial charge in [0.05, 0.1) is 17.1 Å². The summed E-state index contributed by atoms with van der Waals surface area (Å²) in [5, 5.41) is 9.22. The van der Waals surface area contributed by atoms with Crippen molar-refractivity contribution in [1.29, 1.82) is 0 Å². The first-order valence-electron chi connectivity index (χ1n) is 5.92. The zero-order valence-corrected chi connectivity index (χ0v) is 12.3. The minimum Gasteiger partial charge on any atom is -0.481 e. The van der Waals surface area contributed by atoms with Crippen LogP contribution in [0.3, 0.4) is 0 Å². The molecule has 0 fully saturated rings. The number of hydrogen-bond donors (Lipinski definition) is 1. The molecule has 22 heavy (non-hydrogen) atoms. The molecule has 0 amide bonds. The molecule has 0 unspecified atom stereocenters. The molecule has 0 aliphatic rings. The normalized spacial score (nSPS) is 11.5. The molecule has 0 aliphatic heterocycles. The van der Waals surface area contributed by atoms with Crippen molar-refractivity contribution < 1.29 is 23.1 Å². The molecule has 2 rings (SSSR count). The number of alkyl halides is 3. The highest BCUT2D eigenvalue weighted by Gasteiger charge is 2.33. The van der Waals surface area contributed by atoms with Crippen LogP contribution < -0.4 is 0 Å². The van der Waals surface area contributed by atoms with Gasteiger partial charge in [0.25, 0.3) is 0 Å². The Hall–Kier alpha value is -1.79. The van der Waals surface area contributed by atoms with Crippen molar-refractivity contribution >= 4 is 29.2 Å². The van der Waals surface area contributed by atoms with Gasteiger partial charge < -0.3 is 5.11 Å². The summed E-state index contributed by atoms with van der Waals surface area (Å²) in [6, 6.07) is 6.23. The van der Waals surface area contributed by atoms with Crippen molar-refractivity contribution in [3.8, 4) is 11.3 Å². The molecule has 1 aromatic heterocycles. The van der Waals surface area contributed by atoms with Gasteiger partial charge in [-0.05, 0) is 35.9 Å². The van der Waals surface area contributed by atoms with E-state index in [9.17, 15) is 18.0 Å². The zero-order valence-electron chi connectivity index (χ0n) is 10.8. The van der Waals surface area contributed by atoms with Crippen LogP contribution in [0.15, 0.2) is 30.3 Å². The van der Waals surface area contributed by atoms with Gasteiger partial charge in [-0.2, -0.15) is 13.2 Å². The van der Waals surface area contributed by atoms with Crippen LogP contribution in [-0.4, -0.2) is 16.1 Å². The predicted octanol–water partition coefficient (Wildman–Crippen LogP) is 4.70. The van der Waals surface area contributed by atoms with E-state index in [4.69, 9.17) is 28.3 Å². The van der Waals surface area contributed by atoms with E-state index in [0.29, 0.717) is 11.1 Å². The molecule has 0 bridgehead atoms. The Balaban J connectivity index is 2.61. The number of pyridine rings is 1. The van der Waals surface area contributed by atoms with Gasteiger partial charge in [-0.3, -0.25) is 4.79 Å². The van der Waals surface area contributed by atoms with Crippen molar-refractivity contribution in [2.24, 2.45) is 0 Å². The molecule has 0 radical (unpaired) electrons. The van der Waals surface area contributed by atoms with Crippen LogP contribution in [0.1, 0.15) is 11.3 Å². The molecule has 3 nitrogen and oxygen atoms in total. The molecular weight excluding hydrogens is 342 g/mol. The highest BCUT2D eigenvalue weighted by atomic mass is 35.5. The predicted molar refractivity (Wildman–Crippen MR) is 76.0 cm³/mol. The summed E-state index contributed by atoms with van der Waals surface area (Å²) in [5.74, 6) is -1.24. The molecule has 0 spiro atoms. The van der Waals surface area contributed by atoms with Crippen LogP contribution in [-0.2, 0) is 17.4 Å². The van der Waals surface area contributed by atoms with Crippen LogP contribution in [0, 0.1) is 0 Å². The zero-order chi connectivity index (χ0) is 16.5. The van der Waals surface area contributed by atoms with Gasteiger partial charge in [-0.1, -0.05) is 23.2 Å². The van der Waals surface area contributed by atoms with Crippen molar-refractivity contribution in [3.05, 3.63) is 51.6 Å². The third-order valence-corrected chi connectivity index (χ3v) is 3.29. The lowest BCUT2D eigenvalue weighted by molar-refractivity contribution is -0.141. The number of carboxylic acids is 1. The van der Waals surface area contributed by atoms with E-state index in [1.165, 1.54) is 24.3 Å². The Morgan fingerprint density at radius 3 is 2.41 bits per heavy atom. The second-order valence-electron chi connectivity index (χ2n) is 4.44. The monoisotopic (exact) mass is 349 g/mol. The lowest BCUT2D eigenvalue weighted by Gasteiger charge is -2.11. The summed E-state index contributed by atoms with van der Waals surface area (Å²) in [6.07, 6.45) is -5.24. The highest BCUT2D eigenvalue weighted by molar-refractivity contribution is 6.36. The number of benzene rings is 1. The highest BCUT2D eigenvalue weighted by Crippen LogP contribution is 2.34. The molecule has 0 saturated heterocycles. The molecule has 2 aromatic rings. The van der Waals surface area contributed by atoms with Crippen molar-refractivity contribution in [3.63, 3.8) is 0 Å². The van der Waals surface area contributed by atoms with Crippen LogP contribution in [0.25, 0.3) is 11.3 Å². The SMILES string of the molecule is O=C(O)Cc1cc(-c2ccc(Cl)cc2Cl)nc(C(F)(F)F)c1. The Labute approximate surface area is 133 Å². The van der Waals surface area contributed by atoms with E-state index < -0.39 is 24.3 Å². The molecular formula is C14H8Cl2F3NO2. The average Bonchev–Trinajstić information content (AvgIpc) is 2.36. The molecule has 0 aliphatic carbocycles. The summed E-state index contributed by atoms with van der Waals surface area (Å²) < 4.78 is 38.7. The van der Waals surface area contributed by atoms with Crippen LogP contribution in [0.5, 0.6) is 0 Å². The van der Waals surface area contributed by atoms with Crippen LogP contribution in [0.2, 0.25) is 10.0 Å². The van der Waals surface area contributed by atoms with Gasteiger partial charge in [-0.15, -0.1) is 0 Å². The van der Waals surface area contributed by atoms with Crippen molar-refractivity contribution in [2.75, 3.05) is 0 Å². The molecule has 8 heteroatoms. The third-order valence-electron chi connectivity index (χ3n) is 2.74. The number of nitrogens with zero attached hydrogens (tertiary/aromatic N) is 1.